The molecule has 38 heavy (non-hydrogen) atoms. The van der Waals surface area contributed by atoms with Crippen molar-refractivity contribution in [3.05, 3.63) is 108 Å². The Morgan fingerprint density at radius 3 is 1.00 bits per heavy atom. The van der Waals surface area contributed by atoms with Crippen molar-refractivity contribution in [2.45, 2.75) is 0 Å². The van der Waals surface area contributed by atoms with E-state index < -0.39 is 0 Å². The largest absolute Gasteiger partial charge is 0.497 e. The van der Waals surface area contributed by atoms with Crippen molar-refractivity contribution in [2.24, 2.45) is 0 Å². The van der Waals surface area contributed by atoms with Gasteiger partial charge in [0, 0.05) is 7.05 Å². The summed E-state index contributed by atoms with van der Waals surface area (Å²) in [6, 6.07) is 28.7. The van der Waals surface area contributed by atoms with E-state index in [0.29, 0.717) is 45.3 Å². The fourth-order valence-electron chi connectivity index (χ4n) is 4.12. The summed E-state index contributed by atoms with van der Waals surface area (Å²) >= 11 is 0. The molecular weight excluding hydrogens is 482 g/mol. The highest BCUT2D eigenvalue weighted by Gasteiger charge is 2.37. The van der Waals surface area contributed by atoms with Crippen molar-refractivity contribution in [1.29, 1.82) is 0 Å². The summed E-state index contributed by atoms with van der Waals surface area (Å²) < 4.78 is 22.1. The van der Waals surface area contributed by atoms with Crippen LogP contribution in [-0.4, -0.2) is 38.0 Å². The van der Waals surface area contributed by atoms with Gasteiger partial charge in [-0.05, 0) is 83.9 Å². The summed E-state index contributed by atoms with van der Waals surface area (Å²) in [6.45, 7) is 0. The van der Waals surface area contributed by atoms with Crippen molar-refractivity contribution in [1.82, 2.24) is 4.90 Å². The highest BCUT2D eigenvalue weighted by molar-refractivity contribution is 6.48. The molecule has 0 bridgehead atoms. The van der Waals surface area contributed by atoms with Crippen LogP contribution in [0.1, 0.15) is 11.1 Å². The molecule has 0 saturated carbocycles. The van der Waals surface area contributed by atoms with Gasteiger partial charge in [-0.15, -0.1) is 0 Å². The quantitative estimate of drug-likeness (QED) is 0.265. The van der Waals surface area contributed by atoms with Crippen molar-refractivity contribution >= 4 is 23.0 Å². The van der Waals surface area contributed by atoms with Gasteiger partial charge in [0.05, 0.1) is 25.4 Å². The number of hydrogen-bond acceptors (Lipinski definition) is 6. The number of carbonyl (C=O) groups is 2. The summed E-state index contributed by atoms with van der Waals surface area (Å²) in [5, 5.41) is 0. The van der Waals surface area contributed by atoms with E-state index in [1.807, 2.05) is 48.5 Å². The Bertz CT molecular complexity index is 1370. The first-order valence-corrected chi connectivity index (χ1v) is 11.9. The predicted molar refractivity (Wildman–Crippen MR) is 144 cm³/mol. The normalized spacial score (nSPS) is 13.1. The van der Waals surface area contributed by atoms with Crippen LogP contribution in [0.3, 0.4) is 0 Å². The van der Waals surface area contributed by atoms with Gasteiger partial charge in [0.15, 0.2) is 0 Å². The number of amides is 2. The number of hydrogen-bond donors (Lipinski definition) is 0. The van der Waals surface area contributed by atoms with Crippen LogP contribution in [-0.2, 0) is 9.59 Å². The van der Waals surface area contributed by atoms with E-state index in [4.69, 9.17) is 18.9 Å². The summed E-state index contributed by atoms with van der Waals surface area (Å²) in [7, 11) is 4.70. The monoisotopic (exact) mass is 507 g/mol. The van der Waals surface area contributed by atoms with Crippen LogP contribution in [0.4, 0.5) is 0 Å². The molecular formula is C31H25NO6. The van der Waals surface area contributed by atoms with Gasteiger partial charge in [-0.1, -0.05) is 24.3 Å². The van der Waals surface area contributed by atoms with Gasteiger partial charge in [-0.2, -0.15) is 0 Å². The lowest BCUT2D eigenvalue weighted by Gasteiger charge is -2.10. The number of benzene rings is 4. The smallest absolute Gasteiger partial charge is 0.261 e. The molecule has 1 aliphatic heterocycles. The fraction of sp³-hybridized carbons (Fsp3) is 0.0968. The van der Waals surface area contributed by atoms with Gasteiger partial charge >= 0.3 is 0 Å². The molecule has 0 aromatic heterocycles. The minimum Gasteiger partial charge on any atom is -0.497 e. The van der Waals surface area contributed by atoms with E-state index in [9.17, 15) is 9.59 Å². The van der Waals surface area contributed by atoms with E-state index in [0.717, 1.165) is 16.4 Å². The number of methoxy groups -OCH3 is 2. The molecule has 7 heteroatoms. The Hall–Kier alpha value is -5.04. The highest BCUT2D eigenvalue weighted by atomic mass is 16.5. The van der Waals surface area contributed by atoms with Crippen LogP contribution in [0.2, 0.25) is 0 Å². The molecule has 0 aliphatic carbocycles. The SMILES string of the molecule is COc1ccc(Oc2ccc(C3=C(c4ccc(Oc5ccc(OC)cc5)cc4)C(=O)N(C)C3=O)cc2)cc1. The van der Waals surface area contributed by atoms with E-state index in [2.05, 4.69) is 0 Å². The van der Waals surface area contributed by atoms with Crippen LogP contribution in [0.15, 0.2) is 97.1 Å². The van der Waals surface area contributed by atoms with Gasteiger partial charge < -0.3 is 18.9 Å². The highest BCUT2D eigenvalue weighted by Crippen LogP contribution is 2.37. The van der Waals surface area contributed by atoms with Crippen LogP contribution in [0, 0.1) is 0 Å². The third-order valence-electron chi connectivity index (χ3n) is 6.16. The molecule has 0 N–H and O–H groups in total. The molecule has 4 aromatic rings. The van der Waals surface area contributed by atoms with Gasteiger partial charge in [0.25, 0.3) is 11.8 Å². The second-order valence-electron chi connectivity index (χ2n) is 8.52. The van der Waals surface area contributed by atoms with E-state index >= 15 is 0 Å². The third-order valence-corrected chi connectivity index (χ3v) is 6.16. The predicted octanol–water partition coefficient (Wildman–Crippen LogP) is 6.20. The molecule has 2 amide bonds. The number of ether oxygens (including phenoxy) is 4. The second-order valence-corrected chi connectivity index (χ2v) is 8.52. The Morgan fingerprint density at radius 2 is 0.711 bits per heavy atom. The molecule has 190 valence electrons. The Balaban J connectivity index is 1.40. The lowest BCUT2D eigenvalue weighted by molar-refractivity contribution is -0.134. The van der Waals surface area contributed by atoms with Gasteiger partial charge in [-0.25, -0.2) is 0 Å². The van der Waals surface area contributed by atoms with Crippen molar-refractivity contribution in [3.8, 4) is 34.5 Å². The Labute approximate surface area is 220 Å². The van der Waals surface area contributed by atoms with Crippen molar-refractivity contribution in [3.63, 3.8) is 0 Å². The molecule has 1 aliphatic rings. The number of likely N-dealkylation sites (N-methyl/N-ethyl adjacent to an activating group) is 1. The molecule has 4 aromatic carbocycles. The number of nitrogens with zero attached hydrogens (tertiary/aromatic N) is 1. The van der Waals surface area contributed by atoms with Gasteiger partial charge in [0.1, 0.15) is 34.5 Å². The summed E-state index contributed by atoms with van der Waals surface area (Å²) in [5.41, 5.74) is 1.95. The standard InChI is InChI=1S/C31H25NO6/c1-32-30(33)28(20-4-8-24(9-5-20)37-26-16-12-22(35-2)13-17-26)29(31(32)34)21-6-10-25(11-7-21)38-27-18-14-23(36-3)15-19-27/h4-19H,1-3H3. The number of imide groups is 1. The molecule has 5 rings (SSSR count). The maximum absolute atomic E-state index is 13.1. The van der Waals surface area contributed by atoms with Crippen LogP contribution in [0.5, 0.6) is 34.5 Å². The van der Waals surface area contributed by atoms with Crippen LogP contribution in [0.25, 0.3) is 11.1 Å². The lowest BCUT2D eigenvalue weighted by atomic mass is 9.96. The molecule has 1 heterocycles. The van der Waals surface area contributed by atoms with Crippen molar-refractivity contribution < 1.29 is 28.5 Å². The molecule has 0 radical (unpaired) electrons. The minimum atomic E-state index is -0.354. The third kappa shape index (κ3) is 4.95. The molecule has 7 nitrogen and oxygen atoms in total. The zero-order valence-electron chi connectivity index (χ0n) is 21.1. The second kappa shape index (κ2) is 10.5. The fourth-order valence-corrected chi connectivity index (χ4v) is 4.12. The van der Waals surface area contributed by atoms with E-state index in [1.165, 1.54) is 7.05 Å². The van der Waals surface area contributed by atoms with Crippen LogP contribution < -0.4 is 18.9 Å². The molecule has 0 unspecified atom stereocenters. The van der Waals surface area contributed by atoms with E-state index in [1.54, 1.807) is 62.8 Å². The zero-order chi connectivity index (χ0) is 26.6. The molecule has 0 spiro atoms. The molecule has 0 saturated heterocycles. The average Bonchev–Trinajstić information content (AvgIpc) is 3.18. The first-order valence-electron chi connectivity index (χ1n) is 11.9. The van der Waals surface area contributed by atoms with E-state index in [-0.39, 0.29) is 11.8 Å². The van der Waals surface area contributed by atoms with Gasteiger partial charge in [0.2, 0.25) is 0 Å². The molecule has 0 atom stereocenters. The summed E-state index contributed by atoms with van der Waals surface area (Å²) in [5.74, 6) is 3.28. The average molecular weight is 508 g/mol. The first kappa shape index (κ1) is 24.6. The topological polar surface area (TPSA) is 74.3 Å². The summed E-state index contributed by atoms with van der Waals surface area (Å²) in [6.07, 6.45) is 0. The summed E-state index contributed by atoms with van der Waals surface area (Å²) in [4.78, 5) is 27.3. The minimum absolute atomic E-state index is 0.345. The lowest BCUT2D eigenvalue weighted by Crippen LogP contribution is -2.26. The van der Waals surface area contributed by atoms with Crippen LogP contribution >= 0.6 is 0 Å². The van der Waals surface area contributed by atoms with Crippen molar-refractivity contribution in [2.75, 3.05) is 21.3 Å². The Kier molecular flexibility index (Phi) is 6.82. The maximum Gasteiger partial charge on any atom is 0.261 e. The number of carbonyl (C=O) groups excluding carboxylic acids is 2. The zero-order valence-corrected chi connectivity index (χ0v) is 21.1. The maximum atomic E-state index is 13.1. The Morgan fingerprint density at radius 1 is 0.447 bits per heavy atom. The number of rotatable bonds is 8. The van der Waals surface area contributed by atoms with Gasteiger partial charge in [-0.3, -0.25) is 14.5 Å². The molecule has 0 fully saturated rings. The first-order chi connectivity index (χ1) is 18.5.